The molecule has 0 aliphatic carbocycles. The third kappa shape index (κ3) is 4.71. The smallest absolute Gasteiger partial charge is 0.239 e. The topological polar surface area (TPSA) is 46.3 Å². The Bertz CT molecular complexity index is 373. The van der Waals surface area contributed by atoms with Crippen LogP contribution in [0.4, 0.5) is 4.39 Å². The predicted molar refractivity (Wildman–Crippen MR) is 68.4 cm³/mol. The highest BCUT2D eigenvalue weighted by Crippen LogP contribution is 2.07. The third-order valence-electron chi connectivity index (χ3n) is 2.44. The number of hydrogen-bond acceptors (Lipinski definition) is 2. The van der Waals surface area contributed by atoms with E-state index in [1.807, 2.05) is 6.92 Å². The van der Waals surface area contributed by atoms with Crippen LogP contribution in [0.5, 0.6) is 0 Å². The van der Waals surface area contributed by atoms with E-state index in [9.17, 15) is 9.18 Å². The van der Waals surface area contributed by atoms with E-state index in [0.717, 1.165) is 5.56 Å². The van der Waals surface area contributed by atoms with Gasteiger partial charge in [-0.2, -0.15) is 0 Å². The maximum absolute atomic E-state index is 12.9. The summed E-state index contributed by atoms with van der Waals surface area (Å²) in [5, 5.41) is 0. The molecule has 0 heterocycles. The van der Waals surface area contributed by atoms with Gasteiger partial charge in [0.25, 0.3) is 0 Å². The lowest BCUT2D eigenvalue weighted by molar-refractivity contribution is -0.131. The standard InChI is InChI=1S/C12H17FN2O.ClH/c1-3-11(14)12(16)15(2)8-9-5-4-6-10(13)7-9;/h4-7,11H,3,8,14H2,1-2H3;1H/t11-;/m0./s1. The first kappa shape index (κ1) is 15.9. The van der Waals surface area contributed by atoms with Crippen molar-refractivity contribution in [2.24, 2.45) is 5.73 Å². The van der Waals surface area contributed by atoms with Gasteiger partial charge in [-0.15, -0.1) is 12.4 Å². The molecular formula is C12H18ClFN2O. The van der Waals surface area contributed by atoms with Crippen molar-refractivity contribution < 1.29 is 9.18 Å². The summed E-state index contributed by atoms with van der Waals surface area (Å²) in [5.41, 5.74) is 6.40. The zero-order valence-corrected chi connectivity index (χ0v) is 10.8. The molecule has 0 saturated heterocycles. The van der Waals surface area contributed by atoms with E-state index in [0.29, 0.717) is 13.0 Å². The fraction of sp³-hybridized carbons (Fsp3) is 0.417. The fourth-order valence-corrected chi connectivity index (χ4v) is 1.44. The number of carbonyl (C=O) groups is 1. The van der Waals surface area contributed by atoms with Crippen LogP contribution in [-0.4, -0.2) is 23.9 Å². The molecule has 2 N–H and O–H groups in total. The number of nitrogens with two attached hydrogens (primary N) is 1. The molecule has 0 radical (unpaired) electrons. The van der Waals surface area contributed by atoms with Crippen molar-refractivity contribution in [2.45, 2.75) is 25.9 Å². The summed E-state index contributed by atoms with van der Waals surface area (Å²) >= 11 is 0. The minimum Gasteiger partial charge on any atom is -0.340 e. The number of hydrogen-bond donors (Lipinski definition) is 1. The first-order valence-corrected chi connectivity index (χ1v) is 5.29. The molecule has 0 spiro atoms. The Balaban J connectivity index is 0.00000256. The average Bonchev–Trinajstić information content (AvgIpc) is 2.27. The number of carbonyl (C=O) groups excluding carboxylic acids is 1. The molecule has 0 aliphatic heterocycles. The summed E-state index contributed by atoms with van der Waals surface area (Å²) in [5.74, 6) is -0.412. The van der Waals surface area contributed by atoms with E-state index in [1.165, 1.54) is 17.0 Å². The molecule has 0 aliphatic rings. The molecule has 0 saturated carbocycles. The molecule has 17 heavy (non-hydrogen) atoms. The van der Waals surface area contributed by atoms with Crippen LogP contribution in [0.2, 0.25) is 0 Å². The highest BCUT2D eigenvalue weighted by Gasteiger charge is 2.16. The maximum Gasteiger partial charge on any atom is 0.239 e. The molecular weight excluding hydrogens is 243 g/mol. The molecule has 1 rings (SSSR count). The van der Waals surface area contributed by atoms with Crippen LogP contribution in [0.3, 0.4) is 0 Å². The van der Waals surface area contributed by atoms with E-state index >= 15 is 0 Å². The van der Waals surface area contributed by atoms with Gasteiger partial charge in [-0.05, 0) is 24.1 Å². The number of nitrogens with zero attached hydrogens (tertiary/aromatic N) is 1. The van der Waals surface area contributed by atoms with Crippen LogP contribution in [-0.2, 0) is 11.3 Å². The lowest BCUT2D eigenvalue weighted by atomic mass is 10.1. The normalized spacial score (nSPS) is 11.5. The van der Waals surface area contributed by atoms with E-state index in [4.69, 9.17) is 5.73 Å². The number of benzene rings is 1. The van der Waals surface area contributed by atoms with Gasteiger partial charge in [0.15, 0.2) is 0 Å². The molecule has 3 nitrogen and oxygen atoms in total. The van der Waals surface area contributed by atoms with Gasteiger partial charge in [0.1, 0.15) is 5.82 Å². The van der Waals surface area contributed by atoms with Gasteiger partial charge in [0.2, 0.25) is 5.91 Å². The number of rotatable bonds is 4. The molecule has 5 heteroatoms. The SMILES string of the molecule is CC[C@H](N)C(=O)N(C)Cc1cccc(F)c1.Cl. The van der Waals surface area contributed by atoms with Gasteiger partial charge < -0.3 is 10.6 Å². The van der Waals surface area contributed by atoms with Gasteiger partial charge in [-0.1, -0.05) is 19.1 Å². The Kier molecular flexibility index (Phi) is 6.76. The van der Waals surface area contributed by atoms with Crippen molar-refractivity contribution in [2.75, 3.05) is 7.05 Å². The quantitative estimate of drug-likeness (QED) is 0.899. The van der Waals surface area contributed by atoms with E-state index in [-0.39, 0.29) is 24.1 Å². The third-order valence-corrected chi connectivity index (χ3v) is 2.44. The molecule has 0 fully saturated rings. The number of halogens is 2. The van der Waals surface area contributed by atoms with E-state index < -0.39 is 6.04 Å². The predicted octanol–water partition coefficient (Wildman–Crippen LogP) is 1.94. The summed E-state index contributed by atoms with van der Waals surface area (Å²) < 4.78 is 12.9. The lowest BCUT2D eigenvalue weighted by Gasteiger charge is -2.20. The summed E-state index contributed by atoms with van der Waals surface area (Å²) in [4.78, 5) is 13.2. The second-order valence-corrected chi connectivity index (χ2v) is 3.84. The molecule has 1 aromatic carbocycles. The first-order valence-electron chi connectivity index (χ1n) is 5.29. The zero-order chi connectivity index (χ0) is 12.1. The molecule has 1 atom stereocenters. The molecule has 0 unspecified atom stereocenters. The zero-order valence-electron chi connectivity index (χ0n) is 10.0. The van der Waals surface area contributed by atoms with Crippen LogP contribution in [0.15, 0.2) is 24.3 Å². The molecule has 1 amide bonds. The first-order chi connectivity index (χ1) is 7.54. The molecule has 1 aromatic rings. The van der Waals surface area contributed by atoms with Crippen LogP contribution in [0.25, 0.3) is 0 Å². The van der Waals surface area contributed by atoms with E-state index in [1.54, 1.807) is 19.2 Å². The summed E-state index contributed by atoms with van der Waals surface area (Å²) in [7, 11) is 1.67. The highest BCUT2D eigenvalue weighted by atomic mass is 35.5. The Hall–Kier alpha value is -1.13. The monoisotopic (exact) mass is 260 g/mol. The van der Waals surface area contributed by atoms with Crippen molar-refractivity contribution in [1.82, 2.24) is 4.90 Å². The lowest BCUT2D eigenvalue weighted by Crippen LogP contribution is -2.40. The Morgan fingerprint density at radius 1 is 1.53 bits per heavy atom. The highest BCUT2D eigenvalue weighted by molar-refractivity contribution is 5.85. The second kappa shape index (κ2) is 7.25. The second-order valence-electron chi connectivity index (χ2n) is 3.84. The van der Waals surface area contributed by atoms with Gasteiger partial charge in [-0.3, -0.25) is 4.79 Å². The average molecular weight is 261 g/mol. The Morgan fingerprint density at radius 2 is 2.18 bits per heavy atom. The minimum absolute atomic E-state index is 0. The van der Waals surface area contributed by atoms with Crippen molar-refractivity contribution in [3.8, 4) is 0 Å². The minimum atomic E-state index is -0.474. The Labute approximate surface area is 107 Å². The number of likely N-dealkylation sites (N-methyl/N-ethyl adjacent to an activating group) is 1. The summed E-state index contributed by atoms with van der Waals surface area (Å²) in [6, 6.07) is 5.73. The van der Waals surface area contributed by atoms with Gasteiger partial charge in [0.05, 0.1) is 6.04 Å². The van der Waals surface area contributed by atoms with Crippen molar-refractivity contribution >= 4 is 18.3 Å². The maximum atomic E-state index is 12.9. The van der Waals surface area contributed by atoms with Crippen LogP contribution < -0.4 is 5.73 Å². The van der Waals surface area contributed by atoms with Crippen molar-refractivity contribution in [1.29, 1.82) is 0 Å². The Morgan fingerprint density at radius 3 is 2.71 bits per heavy atom. The van der Waals surface area contributed by atoms with Gasteiger partial charge in [0, 0.05) is 13.6 Å². The number of amides is 1. The van der Waals surface area contributed by atoms with Crippen molar-refractivity contribution in [3.63, 3.8) is 0 Å². The molecule has 96 valence electrons. The van der Waals surface area contributed by atoms with E-state index in [2.05, 4.69) is 0 Å². The van der Waals surface area contributed by atoms with Crippen molar-refractivity contribution in [3.05, 3.63) is 35.6 Å². The molecule has 0 bridgehead atoms. The summed E-state index contributed by atoms with van der Waals surface area (Å²) in [6.45, 7) is 2.24. The van der Waals surface area contributed by atoms with Crippen LogP contribution in [0, 0.1) is 5.82 Å². The van der Waals surface area contributed by atoms with Crippen LogP contribution in [0.1, 0.15) is 18.9 Å². The van der Waals surface area contributed by atoms with Gasteiger partial charge in [-0.25, -0.2) is 4.39 Å². The van der Waals surface area contributed by atoms with Gasteiger partial charge >= 0.3 is 0 Å². The molecule has 0 aromatic heterocycles. The largest absolute Gasteiger partial charge is 0.340 e. The fourth-order valence-electron chi connectivity index (χ4n) is 1.44. The summed E-state index contributed by atoms with van der Waals surface area (Å²) in [6.07, 6.45) is 0.603. The van der Waals surface area contributed by atoms with Crippen LogP contribution >= 0.6 is 12.4 Å².